The fraction of sp³-hybridized carbons (Fsp3) is 0.357. The second-order valence-corrected chi connectivity index (χ2v) is 4.93. The number of aryl methyl sites for hydroxylation is 1. The van der Waals surface area contributed by atoms with E-state index in [1.165, 1.54) is 0 Å². The first-order valence-electron chi connectivity index (χ1n) is 6.65. The molecule has 0 fully saturated rings. The van der Waals surface area contributed by atoms with Gasteiger partial charge in [0.05, 0.1) is 6.20 Å². The highest BCUT2D eigenvalue weighted by Gasteiger charge is 2.03. The van der Waals surface area contributed by atoms with Gasteiger partial charge in [0.15, 0.2) is 5.82 Å². The van der Waals surface area contributed by atoms with Gasteiger partial charge in [-0.3, -0.25) is 0 Å². The van der Waals surface area contributed by atoms with Crippen LogP contribution < -0.4 is 10.6 Å². The van der Waals surface area contributed by atoms with Gasteiger partial charge in [0.25, 0.3) is 0 Å². The molecule has 112 valence electrons. The summed E-state index contributed by atoms with van der Waals surface area (Å²) >= 11 is 6.09. The van der Waals surface area contributed by atoms with Crippen LogP contribution >= 0.6 is 11.6 Å². The minimum atomic E-state index is 0.423. The van der Waals surface area contributed by atoms with E-state index in [4.69, 9.17) is 16.3 Å². The molecule has 0 spiro atoms. The summed E-state index contributed by atoms with van der Waals surface area (Å²) < 4.78 is 4.99. The zero-order chi connectivity index (χ0) is 15.1. The summed E-state index contributed by atoms with van der Waals surface area (Å²) in [6.07, 6.45) is 2.48. The monoisotopic (exact) mass is 307 g/mol. The molecule has 0 unspecified atom stereocenters. The van der Waals surface area contributed by atoms with Crippen LogP contribution in [0.5, 0.6) is 0 Å². The Kier molecular flexibility index (Phi) is 5.71. The number of benzene rings is 1. The number of hydrogen-bond acceptors (Lipinski definition) is 6. The van der Waals surface area contributed by atoms with Gasteiger partial charge in [0, 0.05) is 31.0 Å². The summed E-state index contributed by atoms with van der Waals surface area (Å²) in [7, 11) is 1.68. The topological polar surface area (TPSA) is 72.0 Å². The van der Waals surface area contributed by atoms with Crippen molar-refractivity contribution < 1.29 is 4.74 Å². The maximum atomic E-state index is 6.09. The van der Waals surface area contributed by atoms with Crippen LogP contribution in [0.3, 0.4) is 0 Å². The molecule has 0 saturated heterocycles. The Balaban J connectivity index is 1.98. The van der Waals surface area contributed by atoms with Crippen LogP contribution in [0.4, 0.5) is 17.5 Å². The number of aromatic nitrogens is 3. The van der Waals surface area contributed by atoms with E-state index in [0.29, 0.717) is 23.4 Å². The first-order chi connectivity index (χ1) is 10.2. The average Bonchev–Trinajstić information content (AvgIpc) is 2.48. The summed E-state index contributed by atoms with van der Waals surface area (Å²) in [5.74, 6) is 1.09. The number of anilines is 3. The number of methoxy groups -OCH3 is 1. The van der Waals surface area contributed by atoms with Gasteiger partial charge in [-0.1, -0.05) is 17.7 Å². The highest BCUT2D eigenvalue weighted by molar-refractivity contribution is 6.31. The summed E-state index contributed by atoms with van der Waals surface area (Å²) in [6, 6.07) is 5.69. The molecule has 0 saturated carbocycles. The Labute approximate surface area is 128 Å². The summed E-state index contributed by atoms with van der Waals surface area (Å²) in [5, 5.41) is 14.8. The van der Waals surface area contributed by atoms with Crippen molar-refractivity contribution in [3.05, 3.63) is 35.0 Å². The molecule has 1 heterocycles. The van der Waals surface area contributed by atoms with E-state index >= 15 is 0 Å². The number of halogens is 1. The largest absolute Gasteiger partial charge is 0.385 e. The lowest BCUT2D eigenvalue weighted by Crippen LogP contribution is -2.08. The van der Waals surface area contributed by atoms with Crippen molar-refractivity contribution in [2.45, 2.75) is 13.3 Å². The normalized spacial score (nSPS) is 10.4. The van der Waals surface area contributed by atoms with Gasteiger partial charge < -0.3 is 15.4 Å². The van der Waals surface area contributed by atoms with Gasteiger partial charge in [-0.15, -0.1) is 5.10 Å². The SMILES string of the molecule is COCCCNc1cnnc(Nc2ccc(C)c(Cl)c2)n1. The van der Waals surface area contributed by atoms with Crippen LogP contribution in [0.15, 0.2) is 24.4 Å². The number of nitrogens with zero attached hydrogens (tertiary/aromatic N) is 3. The maximum Gasteiger partial charge on any atom is 0.249 e. The molecule has 0 atom stereocenters. The predicted octanol–water partition coefficient (Wildman–Crippen LogP) is 3.03. The highest BCUT2D eigenvalue weighted by Crippen LogP contribution is 2.21. The van der Waals surface area contributed by atoms with Crippen LogP contribution in [-0.4, -0.2) is 35.4 Å². The molecule has 2 rings (SSSR count). The summed E-state index contributed by atoms with van der Waals surface area (Å²) in [5.41, 5.74) is 1.85. The lowest BCUT2D eigenvalue weighted by Gasteiger charge is -2.08. The fourth-order valence-corrected chi connectivity index (χ4v) is 1.85. The molecule has 0 radical (unpaired) electrons. The molecule has 0 aliphatic heterocycles. The Morgan fingerprint density at radius 3 is 2.95 bits per heavy atom. The van der Waals surface area contributed by atoms with Crippen molar-refractivity contribution in [3.8, 4) is 0 Å². The second kappa shape index (κ2) is 7.75. The third kappa shape index (κ3) is 4.84. The van der Waals surface area contributed by atoms with Crippen LogP contribution in [-0.2, 0) is 4.74 Å². The van der Waals surface area contributed by atoms with E-state index in [0.717, 1.165) is 24.2 Å². The van der Waals surface area contributed by atoms with Crippen LogP contribution in [0.1, 0.15) is 12.0 Å². The van der Waals surface area contributed by atoms with Crippen LogP contribution in [0, 0.1) is 6.92 Å². The maximum absolute atomic E-state index is 6.09. The van der Waals surface area contributed by atoms with E-state index in [1.807, 2.05) is 25.1 Å². The van der Waals surface area contributed by atoms with Gasteiger partial charge >= 0.3 is 0 Å². The van der Waals surface area contributed by atoms with Gasteiger partial charge in [0.1, 0.15) is 0 Å². The molecule has 0 bridgehead atoms. The van der Waals surface area contributed by atoms with Gasteiger partial charge in [0.2, 0.25) is 5.95 Å². The van der Waals surface area contributed by atoms with Gasteiger partial charge in [-0.05, 0) is 31.0 Å². The highest BCUT2D eigenvalue weighted by atomic mass is 35.5. The Morgan fingerprint density at radius 2 is 2.19 bits per heavy atom. The Bertz CT molecular complexity index is 593. The molecule has 1 aromatic carbocycles. The van der Waals surface area contributed by atoms with E-state index in [9.17, 15) is 0 Å². The lowest BCUT2D eigenvalue weighted by molar-refractivity contribution is 0.197. The molecule has 21 heavy (non-hydrogen) atoms. The average molecular weight is 308 g/mol. The summed E-state index contributed by atoms with van der Waals surface area (Å²) in [4.78, 5) is 4.34. The first-order valence-corrected chi connectivity index (χ1v) is 7.02. The lowest BCUT2D eigenvalue weighted by atomic mass is 10.2. The number of nitrogens with one attached hydrogen (secondary N) is 2. The van der Waals surface area contributed by atoms with Crippen molar-refractivity contribution in [1.82, 2.24) is 15.2 Å². The van der Waals surface area contributed by atoms with Crippen molar-refractivity contribution >= 4 is 29.1 Å². The quantitative estimate of drug-likeness (QED) is 0.766. The predicted molar refractivity (Wildman–Crippen MR) is 84.3 cm³/mol. The number of rotatable bonds is 7. The van der Waals surface area contributed by atoms with E-state index in [-0.39, 0.29) is 0 Å². The molecule has 6 nitrogen and oxygen atoms in total. The molecule has 0 aliphatic rings. The van der Waals surface area contributed by atoms with Crippen molar-refractivity contribution in [3.63, 3.8) is 0 Å². The molecular weight excluding hydrogens is 290 g/mol. The second-order valence-electron chi connectivity index (χ2n) is 4.53. The standard InChI is InChI=1S/C14H18ClN5O/c1-10-4-5-11(8-12(10)15)18-14-19-13(9-17-20-14)16-6-3-7-21-2/h4-5,8-9H,3,6-7H2,1-2H3,(H2,16,18,19,20). The Morgan fingerprint density at radius 1 is 1.33 bits per heavy atom. The van der Waals surface area contributed by atoms with Crippen molar-refractivity contribution in [2.24, 2.45) is 0 Å². The van der Waals surface area contributed by atoms with Crippen molar-refractivity contribution in [2.75, 3.05) is 30.9 Å². The molecular formula is C14H18ClN5O. The van der Waals surface area contributed by atoms with Crippen molar-refractivity contribution in [1.29, 1.82) is 0 Å². The van der Waals surface area contributed by atoms with E-state index in [1.54, 1.807) is 13.3 Å². The molecule has 7 heteroatoms. The zero-order valence-electron chi connectivity index (χ0n) is 12.1. The minimum Gasteiger partial charge on any atom is -0.385 e. The van der Waals surface area contributed by atoms with E-state index in [2.05, 4.69) is 25.8 Å². The summed E-state index contributed by atoms with van der Waals surface area (Å²) in [6.45, 7) is 3.43. The zero-order valence-corrected chi connectivity index (χ0v) is 12.8. The van der Waals surface area contributed by atoms with Gasteiger partial charge in [-0.25, -0.2) is 0 Å². The minimum absolute atomic E-state index is 0.423. The molecule has 2 aromatic rings. The third-order valence-corrected chi connectivity index (χ3v) is 3.23. The van der Waals surface area contributed by atoms with Gasteiger partial charge in [-0.2, -0.15) is 10.1 Å². The third-order valence-electron chi connectivity index (χ3n) is 2.82. The molecule has 1 aromatic heterocycles. The molecule has 0 aliphatic carbocycles. The van der Waals surface area contributed by atoms with Crippen LogP contribution in [0.25, 0.3) is 0 Å². The smallest absolute Gasteiger partial charge is 0.249 e. The fourth-order valence-electron chi connectivity index (χ4n) is 1.67. The van der Waals surface area contributed by atoms with E-state index < -0.39 is 0 Å². The number of hydrogen-bond donors (Lipinski definition) is 2. The first kappa shape index (κ1) is 15.5. The van der Waals surface area contributed by atoms with Crippen LogP contribution in [0.2, 0.25) is 5.02 Å². The Hall–Kier alpha value is -1.92. The molecule has 2 N–H and O–H groups in total. The molecule has 0 amide bonds. The number of ether oxygens (including phenoxy) is 1.